The molecule has 0 saturated heterocycles. The average molecular weight is 378 g/mol. The van der Waals surface area contributed by atoms with Gasteiger partial charge in [0.05, 0.1) is 13.4 Å². The minimum absolute atomic E-state index is 0.111. The number of thioether (sulfide) groups is 4. The first-order chi connectivity index (χ1) is 11.2. The Kier molecular flexibility index (Phi) is 5.77. The molecule has 3 rings (SSSR count). The van der Waals surface area contributed by atoms with Crippen LogP contribution in [0.2, 0.25) is 0 Å². The van der Waals surface area contributed by atoms with Crippen molar-refractivity contribution in [1.29, 1.82) is 0 Å². The van der Waals surface area contributed by atoms with Gasteiger partial charge in [-0.05, 0) is 40.0 Å². The summed E-state index contributed by atoms with van der Waals surface area (Å²) in [5, 5.41) is 17.0. The maximum absolute atomic E-state index is 10.6. The second kappa shape index (κ2) is 8.01. The molecule has 3 nitrogen and oxygen atoms in total. The van der Waals surface area contributed by atoms with Gasteiger partial charge in [0.15, 0.2) is 0 Å². The highest BCUT2D eigenvalue weighted by atomic mass is 32.2. The number of nitrogens with zero attached hydrogens (tertiary/aromatic N) is 1. The molecule has 0 unspecified atom stereocenters. The van der Waals surface area contributed by atoms with Crippen molar-refractivity contribution in [3.63, 3.8) is 0 Å². The molecule has 23 heavy (non-hydrogen) atoms. The fourth-order valence-corrected chi connectivity index (χ4v) is 6.12. The molecular weight excluding hydrogens is 366 g/mol. The lowest BCUT2D eigenvalue weighted by atomic mass is 10.2. The molecule has 0 atom stereocenters. The van der Waals surface area contributed by atoms with Crippen molar-refractivity contribution in [3.05, 3.63) is 87.8 Å². The molecule has 0 saturated carbocycles. The van der Waals surface area contributed by atoms with E-state index in [1.807, 2.05) is 18.2 Å². The van der Waals surface area contributed by atoms with Gasteiger partial charge in [0.2, 0.25) is 0 Å². The van der Waals surface area contributed by atoms with Gasteiger partial charge in [0, 0.05) is 17.0 Å². The molecule has 0 bridgehead atoms. The second-order valence-corrected chi connectivity index (χ2v) is 8.70. The maximum Gasteiger partial charge on any atom is 0.269 e. The highest BCUT2D eigenvalue weighted by molar-refractivity contribution is 8.33. The summed E-state index contributed by atoms with van der Waals surface area (Å²) in [6.07, 6.45) is 7.94. The van der Waals surface area contributed by atoms with Crippen LogP contribution in [0.25, 0.3) is 6.08 Å². The Bertz CT molecular complexity index is 751. The zero-order valence-electron chi connectivity index (χ0n) is 11.7. The molecule has 0 spiro atoms. The van der Waals surface area contributed by atoms with Gasteiger partial charge in [-0.3, -0.25) is 10.1 Å². The van der Waals surface area contributed by atoms with Crippen LogP contribution < -0.4 is 0 Å². The number of hydrogen-bond donors (Lipinski definition) is 0. The third-order valence-corrected chi connectivity index (χ3v) is 7.83. The Balaban J connectivity index is 1.55. The van der Waals surface area contributed by atoms with Crippen LogP contribution in [0.4, 0.5) is 5.69 Å². The number of nitro benzene ring substituents is 1. The van der Waals surface area contributed by atoms with Gasteiger partial charge < -0.3 is 0 Å². The van der Waals surface area contributed by atoms with Crippen molar-refractivity contribution in [2.24, 2.45) is 0 Å². The Morgan fingerprint density at radius 1 is 0.913 bits per heavy atom. The average Bonchev–Trinajstić information content (AvgIpc) is 3.23. The fourth-order valence-electron chi connectivity index (χ4n) is 1.76. The van der Waals surface area contributed by atoms with E-state index in [-0.39, 0.29) is 5.69 Å². The summed E-state index contributed by atoms with van der Waals surface area (Å²) >= 11 is 7.09. The number of rotatable bonds is 4. The first kappa shape index (κ1) is 16.6. The molecular formula is C16H11NO2S4. The molecule has 2 aliphatic heterocycles. The van der Waals surface area contributed by atoms with Gasteiger partial charge in [-0.2, -0.15) is 0 Å². The molecule has 0 amide bonds. The summed E-state index contributed by atoms with van der Waals surface area (Å²) in [6.45, 7) is 0. The number of nitro groups is 1. The largest absolute Gasteiger partial charge is 0.269 e. The third kappa shape index (κ3) is 4.60. The normalized spacial score (nSPS) is 17.7. The molecule has 0 N–H and O–H groups in total. The minimum atomic E-state index is -0.391. The Hall–Kier alpha value is -1.28. The summed E-state index contributed by atoms with van der Waals surface area (Å²) in [5.41, 5.74) is 1.05. The lowest BCUT2D eigenvalue weighted by Gasteiger charge is -1.99. The van der Waals surface area contributed by atoms with E-state index in [4.69, 9.17) is 0 Å². The van der Waals surface area contributed by atoms with E-state index in [9.17, 15) is 10.1 Å². The summed E-state index contributed by atoms with van der Waals surface area (Å²) < 4.78 is 2.69. The highest BCUT2D eigenvalue weighted by Crippen LogP contribution is 2.53. The van der Waals surface area contributed by atoms with Gasteiger partial charge in [0.25, 0.3) is 5.69 Å². The summed E-state index contributed by atoms with van der Waals surface area (Å²) in [6, 6.07) is 6.51. The molecule has 0 aromatic heterocycles. The quantitative estimate of drug-likeness (QED) is 0.336. The van der Waals surface area contributed by atoms with E-state index in [0.717, 1.165) is 5.56 Å². The zero-order valence-corrected chi connectivity index (χ0v) is 15.0. The lowest BCUT2D eigenvalue weighted by Crippen LogP contribution is -1.86. The Morgan fingerprint density at radius 3 is 2.30 bits per heavy atom. The molecule has 0 fully saturated rings. The standard InChI is InChI=1S/C16H11NO2S4/c18-17(19)13-7-5-12(6-8-13)3-1-2-4-14-11-22-16(23-14)15-20-9-10-21-15/h1-11H/b3-1+,4-2+. The predicted molar refractivity (Wildman–Crippen MR) is 106 cm³/mol. The van der Waals surface area contributed by atoms with Crippen molar-refractivity contribution in [2.45, 2.75) is 0 Å². The SMILES string of the molecule is O=[N+]([O-])c1ccc(/C=C/C=C/C2=CSC(=C3SC=CS3)S2)cc1. The van der Waals surface area contributed by atoms with Crippen LogP contribution in [0, 0.1) is 10.1 Å². The number of allylic oxidation sites excluding steroid dienone is 3. The van der Waals surface area contributed by atoms with Crippen LogP contribution in [-0.4, -0.2) is 4.92 Å². The Labute approximate surface area is 151 Å². The van der Waals surface area contributed by atoms with Crippen LogP contribution in [0.1, 0.15) is 5.56 Å². The number of non-ortho nitro benzene ring substituents is 1. The first-order valence-corrected chi connectivity index (χ1v) is 10.0. The van der Waals surface area contributed by atoms with E-state index < -0.39 is 4.92 Å². The maximum atomic E-state index is 10.6. The monoisotopic (exact) mass is 377 g/mol. The Morgan fingerprint density at radius 2 is 1.61 bits per heavy atom. The third-order valence-electron chi connectivity index (χ3n) is 2.83. The summed E-state index contributed by atoms with van der Waals surface area (Å²) in [5.74, 6) is 0. The van der Waals surface area contributed by atoms with E-state index in [2.05, 4.69) is 22.3 Å². The summed E-state index contributed by atoms with van der Waals surface area (Å²) in [4.78, 5) is 11.4. The van der Waals surface area contributed by atoms with Gasteiger partial charge in [-0.1, -0.05) is 65.3 Å². The summed E-state index contributed by atoms with van der Waals surface area (Å²) in [7, 11) is 0. The second-order valence-electron chi connectivity index (χ2n) is 4.39. The lowest BCUT2D eigenvalue weighted by molar-refractivity contribution is -0.384. The molecule has 0 radical (unpaired) electrons. The molecule has 2 heterocycles. The van der Waals surface area contributed by atoms with Gasteiger partial charge in [0.1, 0.15) is 0 Å². The molecule has 0 aliphatic carbocycles. The number of hydrogen-bond acceptors (Lipinski definition) is 6. The first-order valence-electron chi connectivity index (χ1n) is 6.59. The van der Waals surface area contributed by atoms with E-state index in [1.165, 1.54) is 25.5 Å². The van der Waals surface area contributed by atoms with Crippen molar-refractivity contribution in [2.75, 3.05) is 0 Å². The van der Waals surface area contributed by atoms with Crippen LogP contribution in [0.3, 0.4) is 0 Å². The fraction of sp³-hybridized carbons (Fsp3) is 0. The highest BCUT2D eigenvalue weighted by Gasteiger charge is 2.16. The predicted octanol–water partition coefficient (Wildman–Crippen LogP) is 6.56. The van der Waals surface area contributed by atoms with Crippen molar-refractivity contribution < 1.29 is 4.92 Å². The molecule has 1 aromatic rings. The van der Waals surface area contributed by atoms with Gasteiger partial charge in [-0.15, -0.1) is 0 Å². The zero-order chi connectivity index (χ0) is 16.1. The van der Waals surface area contributed by atoms with Crippen LogP contribution in [0.15, 0.2) is 72.1 Å². The van der Waals surface area contributed by atoms with Crippen molar-refractivity contribution in [1.82, 2.24) is 0 Å². The van der Waals surface area contributed by atoms with Crippen molar-refractivity contribution >= 4 is 58.8 Å². The van der Waals surface area contributed by atoms with E-state index >= 15 is 0 Å². The van der Waals surface area contributed by atoms with Gasteiger partial charge >= 0.3 is 0 Å². The smallest absolute Gasteiger partial charge is 0.258 e. The topological polar surface area (TPSA) is 43.1 Å². The minimum Gasteiger partial charge on any atom is -0.258 e. The van der Waals surface area contributed by atoms with Gasteiger partial charge in [-0.25, -0.2) is 0 Å². The molecule has 2 aliphatic rings. The molecule has 116 valence electrons. The van der Waals surface area contributed by atoms with E-state index in [1.54, 1.807) is 59.2 Å². The van der Waals surface area contributed by atoms with E-state index in [0.29, 0.717) is 0 Å². The number of benzene rings is 1. The van der Waals surface area contributed by atoms with Crippen LogP contribution >= 0.6 is 47.0 Å². The van der Waals surface area contributed by atoms with Crippen LogP contribution in [-0.2, 0) is 0 Å². The molecule has 1 aromatic carbocycles. The molecule has 7 heteroatoms. The van der Waals surface area contributed by atoms with Crippen molar-refractivity contribution in [3.8, 4) is 0 Å². The van der Waals surface area contributed by atoms with Crippen LogP contribution in [0.5, 0.6) is 0 Å².